The van der Waals surface area contributed by atoms with Crippen LogP contribution in [0.25, 0.3) is 0 Å². The van der Waals surface area contributed by atoms with Crippen molar-refractivity contribution < 1.29 is 9.59 Å². The van der Waals surface area contributed by atoms with E-state index in [-0.39, 0.29) is 5.54 Å². The number of halogens is 1. The monoisotopic (exact) mass is 324 g/mol. The van der Waals surface area contributed by atoms with Crippen LogP contribution in [-0.2, 0) is 15.1 Å². The summed E-state index contributed by atoms with van der Waals surface area (Å²) in [7, 11) is 1.96. The smallest absolute Gasteiger partial charge is 0.213 e. The highest BCUT2D eigenvalue weighted by Crippen LogP contribution is 2.27. The fraction of sp³-hybridized carbons (Fsp3) is 0.429. The van der Waals surface area contributed by atoms with Gasteiger partial charge in [0.15, 0.2) is 6.29 Å². The van der Waals surface area contributed by atoms with E-state index in [2.05, 4.69) is 33.1 Å². The first-order valence-electron chi connectivity index (χ1n) is 6.16. The summed E-state index contributed by atoms with van der Waals surface area (Å²) in [6.07, 6.45) is 0.401. The Hall–Kier alpha value is -1.04. The molecule has 2 unspecified atom stereocenters. The molecule has 0 saturated carbocycles. The molecule has 0 aromatic heterocycles. The van der Waals surface area contributed by atoms with Crippen LogP contribution in [0.5, 0.6) is 0 Å². The maximum atomic E-state index is 11.6. The number of aldehydes is 1. The van der Waals surface area contributed by atoms with Gasteiger partial charge in [0.05, 0.1) is 11.6 Å². The van der Waals surface area contributed by atoms with Gasteiger partial charge in [-0.2, -0.15) is 0 Å². The highest BCUT2D eigenvalue weighted by Gasteiger charge is 2.38. The fourth-order valence-corrected chi connectivity index (χ4v) is 3.04. The van der Waals surface area contributed by atoms with E-state index in [0.717, 1.165) is 16.6 Å². The van der Waals surface area contributed by atoms with Crippen molar-refractivity contribution in [3.05, 3.63) is 34.3 Å². The zero-order valence-electron chi connectivity index (χ0n) is 11.0. The predicted octanol–water partition coefficient (Wildman–Crippen LogP) is 1.34. The number of piperazine rings is 1. The lowest BCUT2D eigenvalue weighted by atomic mass is 9.87. The molecule has 0 radical (unpaired) electrons. The summed E-state index contributed by atoms with van der Waals surface area (Å²) in [5.74, 6) is -0.396. The lowest BCUT2D eigenvalue weighted by Gasteiger charge is -2.43. The van der Waals surface area contributed by atoms with Crippen molar-refractivity contribution >= 4 is 28.0 Å². The molecular weight excluding hydrogens is 308 g/mol. The lowest BCUT2D eigenvalue weighted by molar-refractivity contribution is -0.132. The molecule has 1 heterocycles. The molecule has 1 saturated heterocycles. The Labute approximate surface area is 121 Å². The van der Waals surface area contributed by atoms with Gasteiger partial charge in [-0.3, -0.25) is 14.9 Å². The van der Waals surface area contributed by atoms with Crippen LogP contribution >= 0.6 is 15.9 Å². The highest BCUT2D eigenvalue weighted by atomic mass is 79.9. The van der Waals surface area contributed by atoms with Crippen molar-refractivity contribution in [2.24, 2.45) is 0 Å². The van der Waals surface area contributed by atoms with Crippen LogP contribution in [-0.4, -0.2) is 43.1 Å². The van der Waals surface area contributed by atoms with Crippen LogP contribution < -0.4 is 5.32 Å². The minimum atomic E-state index is -0.444. The molecular formula is C14H17BrN2O2. The Morgan fingerprint density at radius 3 is 2.95 bits per heavy atom. The number of hydrogen-bond donors (Lipinski definition) is 1. The van der Waals surface area contributed by atoms with E-state index in [0.29, 0.717) is 12.8 Å². The molecule has 1 aromatic carbocycles. The molecule has 5 heteroatoms. The number of nitrogens with one attached hydrogen (secondary N) is 1. The third kappa shape index (κ3) is 3.11. The molecule has 2 atom stereocenters. The van der Waals surface area contributed by atoms with Crippen LogP contribution in [0.3, 0.4) is 0 Å². The number of benzene rings is 1. The van der Waals surface area contributed by atoms with Crippen LogP contribution in [0, 0.1) is 0 Å². The summed E-state index contributed by atoms with van der Waals surface area (Å²) in [5, 5.41) is 3.31. The van der Waals surface area contributed by atoms with Crippen molar-refractivity contribution in [2.75, 3.05) is 20.1 Å². The minimum Gasteiger partial charge on any atom is -0.302 e. The normalized spacial score (nSPS) is 28.1. The number of hydrogen-bond acceptors (Lipinski definition) is 4. The maximum Gasteiger partial charge on any atom is 0.213 e. The Balaban J connectivity index is 2.31. The van der Waals surface area contributed by atoms with Crippen LogP contribution in [0.4, 0.5) is 0 Å². The van der Waals surface area contributed by atoms with Crippen molar-refractivity contribution in [1.29, 1.82) is 0 Å². The second kappa shape index (κ2) is 5.53. The van der Waals surface area contributed by atoms with Crippen molar-refractivity contribution in [3.8, 4) is 0 Å². The first-order chi connectivity index (χ1) is 8.94. The van der Waals surface area contributed by atoms with Gasteiger partial charge in [-0.15, -0.1) is 0 Å². The number of carbonyl (C=O) groups excluding carboxylic acids is 2. The molecule has 1 N–H and O–H groups in total. The molecule has 102 valence electrons. The van der Waals surface area contributed by atoms with Gasteiger partial charge in [-0.25, -0.2) is 0 Å². The van der Waals surface area contributed by atoms with Gasteiger partial charge in [0.1, 0.15) is 0 Å². The van der Waals surface area contributed by atoms with Crippen LogP contribution in [0.1, 0.15) is 12.5 Å². The van der Waals surface area contributed by atoms with Gasteiger partial charge in [0.25, 0.3) is 0 Å². The van der Waals surface area contributed by atoms with E-state index >= 15 is 0 Å². The van der Waals surface area contributed by atoms with Gasteiger partial charge in [0, 0.05) is 17.6 Å². The topological polar surface area (TPSA) is 49.4 Å². The summed E-state index contributed by atoms with van der Waals surface area (Å²) < 4.78 is 1.000. The van der Waals surface area contributed by atoms with E-state index in [1.807, 2.05) is 31.3 Å². The van der Waals surface area contributed by atoms with E-state index in [1.54, 1.807) is 0 Å². The number of carbonyl (C=O) groups is 2. The van der Waals surface area contributed by atoms with Crippen molar-refractivity contribution in [2.45, 2.75) is 18.5 Å². The Morgan fingerprint density at radius 2 is 2.32 bits per heavy atom. The quantitative estimate of drug-likeness (QED) is 0.673. The Morgan fingerprint density at radius 1 is 1.58 bits per heavy atom. The number of nitrogens with zero attached hydrogens (tertiary/aromatic N) is 1. The predicted molar refractivity (Wildman–Crippen MR) is 77.0 cm³/mol. The molecule has 0 amide bonds. The molecule has 1 aromatic rings. The summed E-state index contributed by atoms with van der Waals surface area (Å²) >= 11 is 3.46. The van der Waals surface area contributed by atoms with Crippen LogP contribution in [0.15, 0.2) is 28.7 Å². The summed E-state index contributed by atoms with van der Waals surface area (Å²) in [6, 6.07) is 7.55. The zero-order chi connectivity index (χ0) is 14.0. The molecule has 2 rings (SSSR count). The summed E-state index contributed by atoms with van der Waals surface area (Å²) in [4.78, 5) is 24.4. The number of rotatable bonds is 3. The van der Waals surface area contributed by atoms with E-state index in [9.17, 15) is 9.59 Å². The fourth-order valence-electron chi connectivity index (χ4n) is 2.64. The SMILES string of the molecule is CN1CC(C(=O)C=O)NC(C)(c2cccc(Br)c2)C1. The second-order valence-corrected chi connectivity index (χ2v) is 6.17. The lowest BCUT2D eigenvalue weighted by Crippen LogP contribution is -2.63. The summed E-state index contributed by atoms with van der Waals surface area (Å²) in [5.41, 5.74) is 0.747. The van der Waals surface area contributed by atoms with Crippen LogP contribution in [0.2, 0.25) is 0 Å². The second-order valence-electron chi connectivity index (χ2n) is 5.26. The van der Waals surface area contributed by atoms with Gasteiger partial charge in [-0.05, 0) is 31.7 Å². The van der Waals surface area contributed by atoms with Gasteiger partial charge in [0.2, 0.25) is 5.78 Å². The van der Waals surface area contributed by atoms with Gasteiger partial charge < -0.3 is 4.90 Å². The third-order valence-electron chi connectivity index (χ3n) is 3.49. The van der Waals surface area contributed by atoms with Crippen molar-refractivity contribution in [3.63, 3.8) is 0 Å². The number of Topliss-reactive ketones (excluding diaryl/α,β-unsaturated/α-hetero) is 1. The zero-order valence-corrected chi connectivity index (χ0v) is 12.6. The van der Waals surface area contributed by atoms with Gasteiger partial charge >= 0.3 is 0 Å². The average molecular weight is 325 g/mol. The van der Waals surface area contributed by atoms with E-state index in [1.165, 1.54) is 0 Å². The number of likely N-dealkylation sites (N-methyl/N-ethyl adjacent to an activating group) is 1. The third-order valence-corrected chi connectivity index (χ3v) is 3.99. The standard InChI is InChI=1S/C14H17BrN2O2/c1-14(10-4-3-5-11(15)6-10)9-17(2)7-12(16-14)13(19)8-18/h3-6,8,12,16H,7,9H2,1-2H3. The molecule has 0 bridgehead atoms. The molecule has 4 nitrogen and oxygen atoms in total. The molecule has 1 aliphatic heterocycles. The molecule has 1 aliphatic rings. The molecule has 19 heavy (non-hydrogen) atoms. The molecule has 0 aliphatic carbocycles. The molecule has 1 fully saturated rings. The summed E-state index contributed by atoms with van der Waals surface area (Å²) in [6.45, 7) is 3.39. The van der Waals surface area contributed by atoms with Gasteiger partial charge in [-0.1, -0.05) is 28.1 Å². The Kier molecular flexibility index (Phi) is 4.18. The largest absolute Gasteiger partial charge is 0.302 e. The highest BCUT2D eigenvalue weighted by molar-refractivity contribution is 9.10. The van der Waals surface area contributed by atoms with E-state index < -0.39 is 11.8 Å². The molecule has 0 spiro atoms. The van der Waals surface area contributed by atoms with Crippen molar-refractivity contribution in [1.82, 2.24) is 10.2 Å². The Bertz CT molecular complexity index is 506. The van der Waals surface area contributed by atoms with E-state index in [4.69, 9.17) is 0 Å². The first-order valence-corrected chi connectivity index (χ1v) is 6.95. The average Bonchev–Trinajstić information content (AvgIpc) is 2.37. The maximum absolute atomic E-state index is 11.6. The number of ketones is 1. The first kappa shape index (κ1) is 14.4. The minimum absolute atomic E-state index is 0.347.